The van der Waals surface area contributed by atoms with Crippen LogP contribution in [0.1, 0.15) is 10.4 Å². The van der Waals surface area contributed by atoms with E-state index in [1.54, 1.807) is 7.05 Å². The van der Waals surface area contributed by atoms with Crippen LogP contribution >= 0.6 is 0 Å². The van der Waals surface area contributed by atoms with E-state index in [1.807, 2.05) is 0 Å². The van der Waals surface area contributed by atoms with Crippen LogP contribution in [0.25, 0.3) is 0 Å². The highest BCUT2D eigenvalue weighted by molar-refractivity contribution is 5.77. The van der Waals surface area contributed by atoms with E-state index >= 15 is 0 Å². The van der Waals surface area contributed by atoms with Gasteiger partial charge in [-0.1, -0.05) is 0 Å². The van der Waals surface area contributed by atoms with Crippen molar-refractivity contribution in [2.75, 3.05) is 0 Å². The Balaban J connectivity index is 3.18. The first-order valence-electron chi connectivity index (χ1n) is 2.42. The number of carbonyl (C=O) groups is 1. The highest BCUT2D eigenvalue weighted by atomic mass is 16.3. The number of hydrogen-bond donors (Lipinski definition) is 1. The van der Waals surface area contributed by atoms with Crippen LogP contribution in [-0.4, -0.2) is 21.2 Å². The van der Waals surface area contributed by atoms with Crippen molar-refractivity contribution in [1.29, 1.82) is 0 Å². The Hall–Kier alpha value is -1.32. The fourth-order valence-electron chi connectivity index (χ4n) is 0.531. The van der Waals surface area contributed by atoms with Crippen LogP contribution in [0.5, 0.6) is 5.88 Å². The lowest BCUT2D eigenvalue weighted by Gasteiger charge is -1.88. The van der Waals surface area contributed by atoms with Gasteiger partial charge in [0, 0.05) is 7.05 Å². The number of hydrogen-bond acceptors (Lipinski definition) is 3. The zero-order chi connectivity index (χ0) is 6.85. The van der Waals surface area contributed by atoms with Crippen molar-refractivity contribution in [3.05, 3.63) is 11.8 Å². The molecular formula is C5H6N2O2. The van der Waals surface area contributed by atoms with Gasteiger partial charge in [0.25, 0.3) is 0 Å². The molecule has 1 N–H and O–H groups in total. The molecule has 4 heteroatoms. The quantitative estimate of drug-likeness (QED) is 0.536. The highest BCUT2D eigenvalue weighted by Gasteiger charge is 2.02. The summed E-state index contributed by atoms with van der Waals surface area (Å²) in [5.74, 6) is -0.0926. The van der Waals surface area contributed by atoms with Gasteiger partial charge in [-0.3, -0.25) is 4.79 Å². The Morgan fingerprint density at radius 1 is 1.89 bits per heavy atom. The Kier molecular flexibility index (Phi) is 1.22. The minimum atomic E-state index is -0.0926. The van der Waals surface area contributed by atoms with Gasteiger partial charge in [0.2, 0.25) is 5.88 Å². The molecule has 9 heavy (non-hydrogen) atoms. The van der Waals surface area contributed by atoms with Crippen molar-refractivity contribution in [1.82, 2.24) is 9.78 Å². The summed E-state index contributed by atoms with van der Waals surface area (Å²) >= 11 is 0. The van der Waals surface area contributed by atoms with Gasteiger partial charge in [0.05, 0.1) is 11.8 Å². The van der Waals surface area contributed by atoms with E-state index in [0.717, 1.165) is 0 Å². The molecule has 0 atom stereocenters. The average Bonchev–Trinajstić information content (AvgIpc) is 2.15. The summed E-state index contributed by atoms with van der Waals surface area (Å²) < 4.78 is 1.23. The number of rotatable bonds is 1. The summed E-state index contributed by atoms with van der Waals surface area (Å²) in [6.45, 7) is 0. The number of aldehydes is 1. The molecule has 0 aliphatic heterocycles. The summed E-state index contributed by atoms with van der Waals surface area (Å²) in [6.07, 6.45) is 1.87. The largest absolute Gasteiger partial charge is 0.493 e. The van der Waals surface area contributed by atoms with Crippen molar-refractivity contribution < 1.29 is 9.90 Å². The fourth-order valence-corrected chi connectivity index (χ4v) is 0.531. The van der Waals surface area contributed by atoms with Crippen molar-refractivity contribution in [2.24, 2.45) is 7.05 Å². The van der Waals surface area contributed by atoms with Crippen LogP contribution in [0.15, 0.2) is 6.20 Å². The van der Waals surface area contributed by atoms with Crippen molar-refractivity contribution in [2.45, 2.75) is 0 Å². The van der Waals surface area contributed by atoms with Gasteiger partial charge >= 0.3 is 0 Å². The maximum atomic E-state index is 10.0. The van der Waals surface area contributed by atoms with Crippen molar-refractivity contribution in [3.8, 4) is 5.88 Å². The number of nitrogens with zero attached hydrogens (tertiary/aromatic N) is 2. The van der Waals surface area contributed by atoms with E-state index < -0.39 is 0 Å². The van der Waals surface area contributed by atoms with Crippen LogP contribution in [0.3, 0.4) is 0 Å². The monoisotopic (exact) mass is 126 g/mol. The molecule has 0 saturated heterocycles. The first kappa shape index (κ1) is 5.81. The van der Waals surface area contributed by atoms with Gasteiger partial charge in [0.15, 0.2) is 6.29 Å². The second-order valence-corrected chi connectivity index (χ2v) is 1.66. The minimum Gasteiger partial charge on any atom is -0.493 e. The second kappa shape index (κ2) is 1.89. The Bertz CT molecular complexity index is 229. The first-order chi connectivity index (χ1) is 4.25. The van der Waals surface area contributed by atoms with E-state index in [-0.39, 0.29) is 11.4 Å². The SMILES string of the molecule is Cn1ncc(C=O)c1O. The van der Waals surface area contributed by atoms with E-state index in [4.69, 9.17) is 5.11 Å². The standard InChI is InChI=1S/C5H6N2O2/c1-7-5(9)4(3-8)2-6-7/h2-3,9H,1H3. The third-order valence-corrected chi connectivity index (χ3v) is 1.06. The maximum Gasteiger partial charge on any atom is 0.219 e. The van der Waals surface area contributed by atoms with Crippen LogP contribution in [0.4, 0.5) is 0 Å². The molecule has 1 aromatic heterocycles. The fraction of sp³-hybridized carbons (Fsp3) is 0.200. The van der Waals surface area contributed by atoms with Gasteiger partial charge in [-0.15, -0.1) is 0 Å². The van der Waals surface area contributed by atoms with E-state index in [1.165, 1.54) is 10.9 Å². The lowest BCUT2D eigenvalue weighted by molar-refractivity contribution is 0.112. The minimum absolute atomic E-state index is 0.0926. The van der Waals surface area contributed by atoms with Gasteiger partial charge in [-0.25, -0.2) is 4.68 Å². The Morgan fingerprint density at radius 2 is 2.56 bits per heavy atom. The van der Waals surface area contributed by atoms with Gasteiger partial charge in [0.1, 0.15) is 0 Å². The lowest BCUT2D eigenvalue weighted by atomic mass is 10.4. The molecule has 0 fully saturated rings. The van der Waals surface area contributed by atoms with Gasteiger partial charge < -0.3 is 5.11 Å². The summed E-state index contributed by atoms with van der Waals surface area (Å²) in [6, 6.07) is 0. The first-order valence-corrected chi connectivity index (χ1v) is 2.42. The molecular weight excluding hydrogens is 120 g/mol. The summed E-state index contributed by atoms with van der Waals surface area (Å²) in [5.41, 5.74) is 0.220. The van der Waals surface area contributed by atoms with E-state index in [2.05, 4.69) is 5.10 Å². The van der Waals surface area contributed by atoms with Crippen molar-refractivity contribution >= 4 is 6.29 Å². The second-order valence-electron chi connectivity index (χ2n) is 1.66. The molecule has 0 aliphatic rings. The van der Waals surface area contributed by atoms with Gasteiger partial charge in [-0.2, -0.15) is 5.10 Å². The molecule has 1 aromatic rings. The normalized spacial score (nSPS) is 9.44. The molecule has 0 aliphatic carbocycles. The smallest absolute Gasteiger partial charge is 0.219 e. The topological polar surface area (TPSA) is 55.1 Å². The van der Waals surface area contributed by atoms with Crippen molar-refractivity contribution in [3.63, 3.8) is 0 Å². The van der Waals surface area contributed by atoms with Crippen LogP contribution in [-0.2, 0) is 7.05 Å². The number of carbonyl (C=O) groups excluding carboxylic acids is 1. The summed E-state index contributed by atoms with van der Waals surface area (Å²) in [7, 11) is 1.56. The van der Waals surface area contributed by atoms with Gasteiger partial charge in [-0.05, 0) is 0 Å². The zero-order valence-corrected chi connectivity index (χ0v) is 4.90. The molecule has 0 saturated carbocycles. The Morgan fingerprint density at radius 3 is 2.78 bits per heavy atom. The molecule has 48 valence electrons. The van der Waals surface area contributed by atoms with E-state index in [0.29, 0.717) is 6.29 Å². The highest BCUT2D eigenvalue weighted by Crippen LogP contribution is 2.10. The van der Waals surface area contributed by atoms with Crippen LogP contribution < -0.4 is 0 Å². The number of aromatic hydroxyl groups is 1. The van der Waals surface area contributed by atoms with Crippen LogP contribution in [0, 0.1) is 0 Å². The Labute approximate surface area is 51.7 Å². The third-order valence-electron chi connectivity index (χ3n) is 1.06. The lowest BCUT2D eigenvalue weighted by Crippen LogP contribution is -1.87. The third kappa shape index (κ3) is 0.782. The molecule has 1 heterocycles. The average molecular weight is 126 g/mol. The number of aromatic nitrogens is 2. The molecule has 0 amide bonds. The molecule has 0 radical (unpaired) electrons. The number of aryl methyl sites for hydroxylation is 1. The molecule has 1 rings (SSSR count). The molecule has 0 bridgehead atoms. The predicted octanol–water partition coefficient (Wildman–Crippen LogP) is -0.0618. The maximum absolute atomic E-state index is 10.0. The summed E-state index contributed by atoms with van der Waals surface area (Å²) in [5, 5.41) is 12.5. The van der Waals surface area contributed by atoms with Crippen LogP contribution in [0.2, 0.25) is 0 Å². The zero-order valence-electron chi connectivity index (χ0n) is 4.90. The summed E-state index contributed by atoms with van der Waals surface area (Å²) in [4.78, 5) is 10.0. The molecule has 0 spiro atoms. The van der Waals surface area contributed by atoms with E-state index in [9.17, 15) is 4.79 Å². The predicted molar refractivity (Wildman–Crippen MR) is 30.3 cm³/mol. The molecule has 0 unspecified atom stereocenters. The molecule has 0 aromatic carbocycles. The molecule has 4 nitrogen and oxygen atoms in total.